The van der Waals surface area contributed by atoms with Crippen LogP contribution >= 0.6 is 0 Å². The van der Waals surface area contributed by atoms with Crippen molar-refractivity contribution in [3.05, 3.63) is 29.8 Å². The smallest absolute Gasteiger partial charge is 0.275 e. The largest absolute Gasteiger partial charge is 0.394 e. The number of hydrogen-bond donors (Lipinski definition) is 2. The van der Waals surface area contributed by atoms with E-state index < -0.39 is 11.7 Å². The van der Waals surface area contributed by atoms with E-state index in [1.165, 1.54) is 0 Å². The number of imidazole rings is 1. The Morgan fingerprint density at radius 3 is 3.12 bits per heavy atom. The predicted molar refractivity (Wildman–Crippen MR) is 83.8 cm³/mol. The van der Waals surface area contributed by atoms with E-state index in [-0.39, 0.29) is 30.4 Å². The molecule has 1 atom stereocenters. The summed E-state index contributed by atoms with van der Waals surface area (Å²) in [4.78, 5) is 20.9. The number of carbonyl (C=O) groups is 1. The fourth-order valence-corrected chi connectivity index (χ4v) is 2.79. The zero-order chi connectivity index (χ0) is 16.9. The van der Waals surface area contributed by atoms with Crippen molar-refractivity contribution in [2.45, 2.75) is 31.9 Å². The van der Waals surface area contributed by atoms with Gasteiger partial charge in [-0.3, -0.25) is 9.63 Å². The minimum Gasteiger partial charge on any atom is -0.394 e. The van der Waals surface area contributed by atoms with Gasteiger partial charge in [-0.25, -0.2) is 14.9 Å². The Labute approximate surface area is 138 Å². The third kappa shape index (κ3) is 3.72. The van der Waals surface area contributed by atoms with Crippen molar-refractivity contribution in [3.63, 3.8) is 0 Å². The van der Waals surface area contributed by atoms with Crippen molar-refractivity contribution < 1.29 is 23.9 Å². The van der Waals surface area contributed by atoms with Crippen LogP contribution in [-0.4, -0.2) is 46.5 Å². The highest BCUT2D eigenvalue weighted by atomic mass is 19.1. The molecule has 1 aliphatic rings. The fourth-order valence-electron chi connectivity index (χ4n) is 2.79. The van der Waals surface area contributed by atoms with Gasteiger partial charge in [0.15, 0.2) is 5.82 Å². The first-order chi connectivity index (χ1) is 11.7. The molecule has 0 spiro atoms. The number of hydrogen-bond acceptors (Lipinski definition) is 5. The number of benzene rings is 1. The van der Waals surface area contributed by atoms with Crippen molar-refractivity contribution in [1.29, 1.82) is 0 Å². The molecule has 0 saturated carbocycles. The summed E-state index contributed by atoms with van der Waals surface area (Å²) in [6, 6.07) is 2.69. The molecule has 1 saturated heterocycles. The third-order valence-electron chi connectivity index (χ3n) is 3.97. The SMILES string of the molecule is O=C(NOCCO)c1cc(F)c2ncn(CC3CCCCO3)c2c1. The number of nitrogens with one attached hydrogen (secondary N) is 1. The minimum atomic E-state index is -0.578. The summed E-state index contributed by atoms with van der Waals surface area (Å²) in [5.41, 5.74) is 3.05. The van der Waals surface area contributed by atoms with Gasteiger partial charge in [0.05, 0.1) is 37.7 Å². The molecule has 2 heterocycles. The molecule has 1 fully saturated rings. The van der Waals surface area contributed by atoms with Crippen LogP contribution in [-0.2, 0) is 16.1 Å². The highest BCUT2D eigenvalue weighted by Crippen LogP contribution is 2.22. The summed E-state index contributed by atoms with van der Waals surface area (Å²) < 4.78 is 21.7. The maximum atomic E-state index is 14.2. The van der Waals surface area contributed by atoms with Gasteiger partial charge in [0.1, 0.15) is 5.52 Å². The zero-order valence-corrected chi connectivity index (χ0v) is 13.2. The van der Waals surface area contributed by atoms with Gasteiger partial charge in [0.25, 0.3) is 5.91 Å². The Kier molecular flexibility index (Phi) is 5.39. The molecular weight excluding hydrogens is 317 g/mol. The van der Waals surface area contributed by atoms with Gasteiger partial charge < -0.3 is 14.4 Å². The zero-order valence-electron chi connectivity index (χ0n) is 13.2. The van der Waals surface area contributed by atoms with Crippen molar-refractivity contribution in [2.75, 3.05) is 19.8 Å². The van der Waals surface area contributed by atoms with E-state index in [1.54, 1.807) is 17.0 Å². The Bertz CT molecular complexity index is 713. The molecule has 1 amide bonds. The van der Waals surface area contributed by atoms with Crippen molar-refractivity contribution in [3.8, 4) is 0 Å². The Morgan fingerprint density at radius 2 is 2.38 bits per heavy atom. The van der Waals surface area contributed by atoms with E-state index in [0.29, 0.717) is 12.1 Å². The highest BCUT2D eigenvalue weighted by Gasteiger charge is 2.18. The monoisotopic (exact) mass is 337 g/mol. The predicted octanol–water partition coefficient (Wildman–Crippen LogP) is 1.40. The van der Waals surface area contributed by atoms with E-state index in [0.717, 1.165) is 31.9 Å². The second-order valence-corrected chi connectivity index (χ2v) is 5.71. The average Bonchev–Trinajstić information content (AvgIpc) is 2.99. The quantitative estimate of drug-likeness (QED) is 0.615. The van der Waals surface area contributed by atoms with Crippen molar-refractivity contribution in [1.82, 2.24) is 15.0 Å². The summed E-state index contributed by atoms with van der Waals surface area (Å²) in [6.45, 7) is 1.05. The normalized spacial score (nSPS) is 18.0. The van der Waals surface area contributed by atoms with Gasteiger partial charge in [-0.05, 0) is 31.4 Å². The van der Waals surface area contributed by atoms with Gasteiger partial charge in [0, 0.05) is 12.2 Å². The topological polar surface area (TPSA) is 85.6 Å². The first-order valence-electron chi connectivity index (χ1n) is 7.98. The van der Waals surface area contributed by atoms with E-state index >= 15 is 0 Å². The second-order valence-electron chi connectivity index (χ2n) is 5.71. The first kappa shape index (κ1) is 16.8. The number of rotatable bonds is 6. The van der Waals surface area contributed by atoms with Crippen LogP contribution in [0.2, 0.25) is 0 Å². The summed E-state index contributed by atoms with van der Waals surface area (Å²) in [5, 5.41) is 8.64. The number of aliphatic hydroxyl groups excluding tert-OH is 1. The van der Waals surface area contributed by atoms with Crippen LogP contribution in [0.5, 0.6) is 0 Å². The number of aromatic nitrogens is 2. The molecule has 24 heavy (non-hydrogen) atoms. The van der Waals surface area contributed by atoms with Gasteiger partial charge >= 0.3 is 0 Å². The number of halogens is 1. The van der Waals surface area contributed by atoms with E-state index in [4.69, 9.17) is 14.7 Å². The number of nitrogens with zero attached hydrogens (tertiary/aromatic N) is 2. The molecule has 0 aliphatic carbocycles. The molecule has 0 bridgehead atoms. The summed E-state index contributed by atoms with van der Waals surface area (Å²) in [7, 11) is 0. The summed E-state index contributed by atoms with van der Waals surface area (Å²) >= 11 is 0. The fraction of sp³-hybridized carbons (Fsp3) is 0.500. The lowest BCUT2D eigenvalue weighted by Gasteiger charge is -2.23. The van der Waals surface area contributed by atoms with Crippen LogP contribution in [0.1, 0.15) is 29.6 Å². The average molecular weight is 337 g/mol. The molecule has 0 radical (unpaired) electrons. The maximum absolute atomic E-state index is 14.2. The summed E-state index contributed by atoms with van der Waals surface area (Å²) in [6.07, 6.45) is 4.77. The Hall–Kier alpha value is -2.03. The standard InChI is InChI=1S/C16H20FN3O4/c17-13-7-11(16(22)19-24-6-4-21)8-14-15(13)18-10-20(14)9-12-3-1-2-5-23-12/h7-8,10,12,21H,1-6,9H2,(H,19,22). The molecule has 2 aromatic rings. The van der Waals surface area contributed by atoms with Gasteiger partial charge in [-0.1, -0.05) is 0 Å². The van der Waals surface area contributed by atoms with Gasteiger partial charge in [0.2, 0.25) is 0 Å². The van der Waals surface area contributed by atoms with Gasteiger partial charge in [-0.2, -0.15) is 0 Å². The summed E-state index contributed by atoms with van der Waals surface area (Å²) in [5.74, 6) is -1.14. The number of fused-ring (bicyclic) bond motifs is 1. The van der Waals surface area contributed by atoms with Crippen LogP contribution in [0.15, 0.2) is 18.5 Å². The molecule has 1 aromatic carbocycles. The number of ether oxygens (including phenoxy) is 1. The highest BCUT2D eigenvalue weighted by molar-refractivity contribution is 5.97. The minimum absolute atomic E-state index is 0.0343. The molecule has 7 nitrogen and oxygen atoms in total. The van der Waals surface area contributed by atoms with Crippen molar-refractivity contribution >= 4 is 16.9 Å². The Balaban J connectivity index is 1.82. The molecule has 1 aliphatic heterocycles. The second kappa shape index (κ2) is 7.69. The van der Waals surface area contributed by atoms with E-state index in [9.17, 15) is 9.18 Å². The number of amides is 1. The lowest BCUT2D eigenvalue weighted by molar-refractivity contribution is 0.00660. The van der Waals surface area contributed by atoms with Gasteiger partial charge in [-0.15, -0.1) is 0 Å². The molecule has 1 aromatic heterocycles. The number of aliphatic hydroxyl groups is 1. The number of carbonyl (C=O) groups excluding carboxylic acids is 1. The van der Waals surface area contributed by atoms with Crippen LogP contribution in [0.3, 0.4) is 0 Å². The number of hydroxylamine groups is 1. The van der Waals surface area contributed by atoms with E-state index in [1.807, 2.05) is 0 Å². The van der Waals surface area contributed by atoms with Crippen LogP contribution in [0.25, 0.3) is 11.0 Å². The first-order valence-corrected chi connectivity index (χ1v) is 7.98. The lowest BCUT2D eigenvalue weighted by atomic mass is 10.1. The molecule has 1 unspecified atom stereocenters. The van der Waals surface area contributed by atoms with Crippen LogP contribution in [0, 0.1) is 5.82 Å². The third-order valence-corrected chi connectivity index (χ3v) is 3.97. The molecular formula is C16H20FN3O4. The maximum Gasteiger partial charge on any atom is 0.275 e. The van der Waals surface area contributed by atoms with Crippen molar-refractivity contribution in [2.24, 2.45) is 0 Å². The molecule has 2 N–H and O–H groups in total. The van der Waals surface area contributed by atoms with Crippen LogP contribution in [0.4, 0.5) is 4.39 Å². The molecule has 130 valence electrons. The molecule has 3 rings (SSSR count). The lowest BCUT2D eigenvalue weighted by Crippen LogP contribution is -2.25. The van der Waals surface area contributed by atoms with E-state index in [2.05, 4.69) is 10.5 Å². The van der Waals surface area contributed by atoms with Crippen LogP contribution < -0.4 is 5.48 Å². The Morgan fingerprint density at radius 1 is 1.50 bits per heavy atom. The molecule has 8 heteroatoms.